The number of carbonyl (C=O) groups excluding carboxylic acids is 1. The lowest BCUT2D eigenvalue weighted by atomic mass is 10.2. The number of hydrogen-bond donors (Lipinski definition) is 2. The molecule has 0 aromatic carbocycles. The first-order valence-electron chi connectivity index (χ1n) is 4.75. The topological polar surface area (TPSA) is 41.1 Å². The van der Waals surface area contributed by atoms with E-state index in [1.807, 2.05) is 11.8 Å². The van der Waals surface area contributed by atoms with Crippen molar-refractivity contribution in [2.24, 2.45) is 0 Å². The summed E-state index contributed by atoms with van der Waals surface area (Å²) in [5.74, 6) is 1.25. The molecule has 0 atom stereocenters. The van der Waals surface area contributed by atoms with Crippen molar-refractivity contribution >= 4 is 17.8 Å². The SMILES string of the molecule is CNC(=O)NCCCCCCSC. The lowest BCUT2D eigenvalue weighted by Crippen LogP contribution is -2.33. The Morgan fingerprint density at radius 1 is 1.23 bits per heavy atom. The molecule has 2 N–H and O–H groups in total. The molecule has 0 radical (unpaired) electrons. The molecule has 3 nitrogen and oxygen atoms in total. The zero-order valence-corrected chi connectivity index (χ0v) is 9.38. The van der Waals surface area contributed by atoms with Crippen LogP contribution in [0.4, 0.5) is 4.79 Å². The summed E-state index contributed by atoms with van der Waals surface area (Å²) in [5.41, 5.74) is 0. The number of thioether (sulfide) groups is 1. The molecule has 0 saturated carbocycles. The summed E-state index contributed by atoms with van der Waals surface area (Å²) in [6.07, 6.45) is 7.00. The van der Waals surface area contributed by atoms with E-state index in [0.717, 1.165) is 13.0 Å². The molecule has 0 rings (SSSR count). The molecule has 0 aliphatic carbocycles. The fourth-order valence-electron chi connectivity index (χ4n) is 1.02. The zero-order valence-electron chi connectivity index (χ0n) is 8.56. The quantitative estimate of drug-likeness (QED) is 0.621. The van der Waals surface area contributed by atoms with E-state index in [4.69, 9.17) is 0 Å². The van der Waals surface area contributed by atoms with Gasteiger partial charge in [0.25, 0.3) is 0 Å². The minimum absolute atomic E-state index is 0.0795. The van der Waals surface area contributed by atoms with E-state index in [2.05, 4.69) is 16.9 Å². The van der Waals surface area contributed by atoms with Gasteiger partial charge in [-0.25, -0.2) is 4.79 Å². The molecule has 0 aromatic rings. The van der Waals surface area contributed by atoms with E-state index in [1.165, 1.54) is 25.0 Å². The number of carbonyl (C=O) groups is 1. The molecule has 0 spiro atoms. The number of hydrogen-bond acceptors (Lipinski definition) is 2. The van der Waals surface area contributed by atoms with Gasteiger partial charge in [0.2, 0.25) is 0 Å². The third kappa shape index (κ3) is 9.53. The Labute approximate surface area is 85.0 Å². The average Bonchev–Trinajstić information content (AvgIpc) is 2.16. The molecule has 0 heterocycles. The number of urea groups is 1. The van der Waals surface area contributed by atoms with Crippen molar-refractivity contribution < 1.29 is 4.79 Å². The van der Waals surface area contributed by atoms with Crippen LogP contribution in [-0.2, 0) is 0 Å². The fraction of sp³-hybridized carbons (Fsp3) is 0.889. The van der Waals surface area contributed by atoms with Crippen molar-refractivity contribution in [1.29, 1.82) is 0 Å². The van der Waals surface area contributed by atoms with Gasteiger partial charge in [-0.2, -0.15) is 11.8 Å². The largest absolute Gasteiger partial charge is 0.341 e. The Balaban J connectivity index is 2.95. The van der Waals surface area contributed by atoms with Gasteiger partial charge in [-0.1, -0.05) is 12.8 Å². The van der Waals surface area contributed by atoms with Gasteiger partial charge in [0.15, 0.2) is 0 Å². The van der Waals surface area contributed by atoms with Crippen LogP contribution >= 0.6 is 11.8 Å². The predicted octanol–water partition coefficient (Wildman–Crippen LogP) is 1.84. The summed E-state index contributed by atoms with van der Waals surface area (Å²) in [5, 5.41) is 5.29. The highest BCUT2D eigenvalue weighted by Gasteiger charge is 1.94. The molecule has 4 heteroatoms. The van der Waals surface area contributed by atoms with Crippen LogP contribution in [0.1, 0.15) is 25.7 Å². The lowest BCUT2D eigenvalue weighted by Gasteiger charge is -2.03. The summed E-state index contributed by atoms with van der Waals surface area (Å²) in [4.78, 5) is 10.7. The Kier molecular flexibility index (Phi) is 9.42. The molecule has 0 aliphatic rings. The van der Waals surface area contributed by atoms with E-state index in [-0.39, 0.29) is 6.03 Å². The summed E-state index contributed by atoms with van der Waals surface area (Å²) in [6, 6.07) is -0.0795. The van der Waals surface area contributed by atoms with Gasteiger partial charge in [0.1, 0.15) is 0 Å². The van der Waals surface area contributed by atoms with Gasteiger partial charge in [0, 0.05) is 13.6 Å². The molecular formula is C9H20N2OS. The van der Waals surface area contributed by atoms with Crippen LogP contribution in [-0.4, -0.2) is 31.6 Å². The van der Waals surface area contributed by atoms with E-state index in [0.29, 0.717) is 0 Å². The first-order valence-corrected chi connectivity index (χ1v) is 6.15. The van der Waals surface area contributed by atoms with E-state index < -0.39 is 0 Å². The molecule has 0 aliphatic heterocycles. The molecule has 2 amide bonds. The van der Waals surface area contributed by atoms with Crippen LogP contribution < -0.4 is 10.6 Å². The minimum Gasteiger partial charge on any atom is -0.341 e. The van der Waals surface area contributed by atoms with Gasteiger partial charge in [-0.15, -0.1) is 0 Å². The molecular weight excluding hydrogens is 184 g/mol. The smallest absolute Gasteiger partial charge is 0.314 e. The third-order valence-corrected chi connectivity index (χ3v) is 2.48. The molecule has 13 heavy (non-hydrogen) atoms. The number of nitrogens with one attached hydrogen (secondary N) is 2. The highest BCUT2D eigenvalue weighted by molar-refractivity contribution is 7.98. The maximum atomic E-state index is 10.7. The van der Waals surface area contributed by atoms with Gasteiger partial charge in [0.05, 0.1) is 0 Å². The van der Waals surface area contributed by atoms with Crippen LogP contribution in [0.25, 0.3) is 0 Å². The first-order chi connectivity index (χ1) is 6.31. The molecule has 78 valence electrons. The second kappa shape index (κ2) is 9.71. The standard InChI is InChI=1S/C9H20N2OS/c1-10-9(12)11-7-5-3-4-6-8-13-2/h3-8H2,1-2H3,(H2,10,11,12). The Bertz CT molecular complexity index is 131. The predicted molar refractivity (Wildman–Crippen MR) is 59.3 cm³/mol. The van der Waals surface area contributed by atoms with Crippen LogP contribution in [0.2, 0.25) is 0 Å². The van der Waals surface area contributed by atoms with Crippen LogP contribution in [0.3, 0.4) is 0 Å². The van der Waals surface area contributed by atoms with Crippen molar-refractivity contribution in [1.82, 2.24) is 10.6 Å². The summed E-state index contributed by atoms with van der Waals surface area (Å²) in [6.45, 7) is 0.791. The van der Waals surface area contributed by atoms with Crippen molar-refractivity contribution in [3.05, 3.63) is 0 Å². The average molecular weight is 204 g/mol. The Morgan fingerprint density at radius 3 is 2.54 bits per heavy atom. The van der Waals surface area contributed by atoms with Crippen molar-refractivity contribution in [3.8, 4) is 0 Å². The monoisotopic (exact) mass is 204 g/mol. The molecule has 0 unspecified atom stereocenters. The minimum atomic E-state index is -0.0795. The number of unbranched alkanes of at least 4 members (excludes halogenated alkanes) is 3. The Morgan fingerprint density at radius 2 is 1.92 bits per heavy atom. The molecule has 0 saturated heterocycles. The molecule has 0 fully saturated rings. The van der Waals surface area contributed by atoms with Gasteiger partial charge in [-0.05, 0) is 24.9 Å². The van der Waals surface area contributed by atoms with Crippen molar-refractivity contribution in [3.63, 3.8) is 0 Å². The van der Waals surface area contributed by atoms with E-state index >= 15 is 0 Å². The maximum Gasteiger partial charge on any atom is 0.314 e. The normalized spacial score (nSPS) is 9.69. The lowest BCUT2D eigenvalue weighted by molar-refractivity contribution is 0.242. The van der Waals surface area contributed by atoms with E-state index in [9.17, 15) is 4.79 Å². The fourth-order valence-corrected chi connectivity index (χ4v) is 1.51. The highest BCUT2D eigenvalue weighted by atomic mass is 32.2. The van der Waals surface area contributed by atoms with Gasteiger partial charge in [-0.3, -0.25) is 0 Å². The highest BCUT2D eigenvalue weighted by Crippen LogP contribution is 2.03. The number of amides is 2. The van der Waals surface area contributed by atoms with Crippen LogP contribution in [0.15, 0.2) is 0 Å². The summed E-state index contributed by atoms with van der Waals surface area (Å²) >= 11 is 1.89. The summed E-state index contributed by atoms with van der Waals surface area (Å²) in [7, 11) is 1.63. The zero-order chi connectivity index (χ0) is 9.94. The van der Waals surface area contributed by atoms with Crippen molar-refractivity contribution in [2.45, 2.75) is 25.7 Å². The number of rotatable bonds is 7. The van der Waals surface area contributed by atoms with Gasteiger partial charge >= 0.3 is 6.03 Å². The van der Waals surface area contributed by atoms with Crippen LogP contribution in [0, 0.1) is 0 Å². The van der Waals surface area contributed by atoms with Crippen molar-refractivity contribution in [2.75, 3.05) is 25.6 Å². The Hall–Kier alpha value is -0.380. The first kappa shape index (κ1) is 12.6. The second-order valence-electron chi connectivity index (χ2n) is 2.91. The maximum absolute atomic E-state index is 10.7. The van der Waals surface area contributed by atoms with Gasteiger partial charge < -0.3 is 10.6 Å². The molecule has 0 aromatic heterocycles. The van der Waals surface area contributed by atoms with E-state index in [1.54, 1.807) is 7.05 Å². The third-order valence-electron chi connectivity index (χ3n) is 1.79. The molecule has 0 bridgehead atoms. The second-order valence-corrected chi connectivity index (χ2v) is 3.90. The van der Waals surface area contributed by atoms with Crippen LogP contribution in [0.5, 0.6) is 0 Å². The summed E-state index contributed by atoms with van der Waals surface area (Å²) < 4.78 is 0.